The van der Waals surface area contributed by atoms with Crippen molar-refractivity contribution >= 4 is 45.8 Å². The van der Waals surface area contributed by atoms with E-state index in [1.165, 1.54) is 14.7 Å². The molecule has 2 rings (SSSR count). The van der Waals surface area contributed by atoms with E-state index < -0.39 is 0 Å². The third kappa shape index (κ3) is 4.09. The average molecular weight is 406 g/mol. The molecule has 1 N–H and O–H groups in total. The average Bonchev–Trinajstić information content (AvgIpc) is 2.41. The Balaban J connectivity index is 2.24. The van der Waals surface area contributed by atoms with E-state index in [0.717, 1.165) is 16.5 Å². The van der Waals surface area contributed by atoms with Crippen LogP contribution in [-0.4, -0.2) is 7.05 Å². The fourth-order valence-electron chi connectivity index (χ4n) is 2.01. The van der Waals surface area contributed by atoms with Gasteiger partial charge in [-0.3, -0.25) is 0 Å². The lowest BCUT2D eigenvalue weighted by Gasteiger charge is -2.18. The number of nitrogens with one attached hydrogen (secondary N) is 1. The molecule has 1 atom stereocenters. The summed E-state index contributed by atoms with van der Waals surface area (Å²) in [6.45, 7) is 0. The van der Waals surface area contributed by atoms with Gasteiger partial charge < -0.3 is 5.32 Å². The number of halogens is 3. The largest absolute Gasteiger partial charge is 0.313 e. The van der Waals surface area contributed by atoms with Crippen molar-refractivity contribution in [2.75, 3.05) is 7.05 Å². The van der Waals surface area contributed by atoms with E-state index in [2.05, 4.69) is 40.0 Å². The molecule has 0 saturated carbocycles. The van der Waals surface area contributed by atoms with Crippen LogP contribution in [0.25, 0.3) is 0 Å². The quantitative estimate of drug-likeness (QED) is 0.697. The van der Waals surface area contributed by atoms with Crippen molar-refractivity contribution in [3.63, 3.8) is 0 Å². The second-order valence-corrected chi connectivity index (χ2v) is 6.37. The molecule has 2 aromatic rings. The Morgan fingerprint density at radius 3 is 2.32 bits per heavy atom. The highest BCUT2D eigenvalue weighted by molar-refractivity contribution is 14.1. The van der Waals surface area contributed by atoms with Crippen LogP contribution in [0.3, 0.4) is 0 Å². The maximum Gasteiger partial charge on any atom is 0.0410 e. The molecule has 4 heteroatoms. The van der Waals surface area contributed by atoms with Gasteiger partial charge in [0.25, 0.3) is 0 Å². The van der Waals surface area contributed by atoms with Gasteiger partial charge in [0, 0.05) is 19.7 Å². The minimum Gasteiger partial charge on any atom is -0.313 e. The highest BCUT2D eigenvalue weighted by atomic mass is 127. The first-order valence-corrected chi connectivity index (χ1v) is 7.80. The van der Waals surface area contributed by atoms with Gasteiger partial charge in [0.1, 0.15) is 0 Å². The van der Waals surface area contributed by atoms with Crippen LogP contribution in [0.1, 0.15) is 17.2 Å². The molecule has 1 unspecified atom stereocenters. The smallest absolute Gasteiger partial charge is 0.0410 e. The minimum atomic E-state index is 0.242. The molecule has 0 radical (unpaired) electrons. The lowest BCUT2D eigenvalue weighted by Crippen LogP contribution is -2.19. The van der Waals surface area contributed by atoms with Gasteiger partial charge in [-0.05, 0) is 77.5 Å². The van der Waals surface area contributed by atoms with Crippen molar-refractivity contribution in [2.24, 2.45) is 0 Å². The first-order chi connectivity index (χ1) is 9.10. The molecule has 0 bridgehead atoms. The third-order valence-electron chi connectivity index (χ3n) is 3.04. The first kappa shape index (κ1) is 15.1. The summed E-state index contributed by atoms with van der Waals surface area (Å²) >= 11 is 14.3. The SMILES string of the molecule is CNC(Cc1ccc(Cl)cc1)c1cc(Cl)ccc1I. The van der Waals surface area contributed by atoms with Gasteiger partial charge in [0.05, 0.1) is 0 Å². The van der Waals surface area contributed by atoms with Crippen molar-refractivity contribution in [1.82, 2.24) is 5.32 Å². The van der Waals surface area contributed by atoms with Crippen molar-refractivity contribution in [3.8, 4) is 0 Å². The molecule has 100 valence electrons. The zero-order chi connectivity index (χ0) is 13.8. The molecule has 19 heavy (non-hydrogen) atoms. The molecular formula is C15H14Cl2IN. The molecule has 2 aromatic carbocycles. The van der Waals surface area contributed by atoms with Crippen LogP contribution < -0.4 is 5.32 Å². The molecule has 0 aliphatic heterocycles. The third-order valence-corrected chi connectivity index (χ3v) is 4.50. The summed E-state index contributed by atoms with van der Waals surface area (Å²) in [7, 11) is 1.97. The summed E-state index contributed by atoms with van der Waals surface area (Å²) in [5.74, 6) is 0. The highest BCUT2D eigenvalue weighted by Crippen LogP contribution is 2.26. The summed E-state index contributed by atoms with van der Waals surface area (Å²) in [6.07, 6.45) is 0.907. The Labute approximate surface area is 137 Å². The van der Waals surface area contributed by atoms with Crippen LogP contribution in [0, 0.1) is 3.57 Å². The minimum absolute atomic E-state index is 0.242. The molecule has 1 nitrogen and oxygen atoms in total. The van der Waals surface area contributed by atoms with Gasteiger partial charge in [-0.25, -0.2) is 0 Å². The molecular weight excluding hydrogens is 392 g/mol. The van der Waals surface area contributed by atoms with E-state index in [1.807, 2.05) is 37.4 Å². The Morgan fingerprint density at radius 1 is 1.05 bits per heavy atom. The molecule has 0 aliphatic rings. The number of hydrogen-bond acceptors (Lipinski definition) is 1. The monoisotopic (exact) mass is 405 g/mol. The lowest BCUT2D eigenvalue weighted by atomic mass is 9.99. The summed E-state index contributed by atoms with van der Waals surface area (Å²) in [5.41, 5.74) is 2.48. The number of hydrogen-bond donors (Lipinski definition) is 1. The van der Waals surface area contributed by atoms with Crippen LogP contribution in [0.5, 0.6) is 0 Å². The Kier molecular flexibility index (Phi) is 5.51. The molecule has 0 fully saturated rings. The van der Waals surface area contributed by atoms with Crippen LogP contribution in [0.2, 0.25) is 10.0 Å². The molecule has 0 aromatic heterocycles. The van der Waals surface area contributed by atoms with Gasteiger partial charge in [0.15, 0.2) is 0 Å². The van der Waals surface area contributed by atoms with Crippen molar-refractivity contribution in [3.05, 3.63) is 67.2 Å². The molecule has 0 amide bonds. The van der Waals surface area contributed by atoms with E-state index in [-0.39, 0.29) is 6.04 Å². The molecule has 0 aliphatic carbocycles. The normalized spacial score (nSPS) is 12.4. The van der Waals surface area contributed by atoms with E-state index in [9.17, 15) is 0 Å². The maximum absolute atomic E-state index is 6.09. The van der Waals surface area contributed by atoms with Crippen LogP contribution >= 0.6 is 45.8 Å². The van der Waals surface area contributed by atoms with Gasteiger partial charge in [-0.2, -0.15) is 0 Å². The van der Waals surface area contributed by atoms with E-state index >= 15 is 0 Å². The Bertz CT molecular complexity index is 555. The summed E-state index contributed by atoms with van der Waals surface area (Å²) < 4.78 is 1.22. The zero-order valence-corrected chi connectivity index (χ0v) is 14.1. The van der Waals surface area contributed by atoms with Crippen LogP contribution in [-0.2, 0) is 6.42 Å². The van der Waals surface area contributed by atoms with Crippen LogP contribution in [0.15, 0.2) is 42.5 Å². The Hall–Kier alpha value is -0.290. The van der Waals surface area contributed by atoms with E-state index in [1.54, 1.807) is 0 Å². The van der Waals surface area contributed by atoms with Gasteiger partial charge in [-0.1, -0.05) is 35.3 Å². The topological polar surface area (TPSA) is 12.0 Å². The van der Waals surface area contributed by atoms with Crippen molar-refractivity contribution < 1.29 is 0 Å². The van der Waals surface area contributed by atoms with Gasteiger partial charge in [-0.15, -0.1) is 0 Å². The second kappa shape index (κ2) is 6.93. The summed E-state index contributed by atoms with van der Waals surface area (Å²) in [5, 5.41) is 4.89. The van der Waals surface area contributed by atoms with Crippen molar-refractivity contribution in [1.29, 1.82) is 0 Å². The van der Waals surface area contributed by atoms with E-state index in [0.29, 0.717) is 0 Å². The zero-order valence-electron chi connectivity index (χ0n) is 10.5. The maximum atomic E-state index is 6.09. The molecule has 0 heterocycles. The number of benzene rings is 2. The number of rotatable bonds is 4. The molecule has 0 spiro atoms. The fourth-order valence-corrected chi connectivity index (χ4v) is 3.02. The van der Waals surface area contributed by atoms with Crippen molar-refractivity contribution in [2.45, 2.75) is 12.5 Å². The number of likely N-dealkylation sites (N-methyl/N-ethyl adjacent to an activating group) is 1. The lowest BCUT2D eigenvalue weighted by molar-refractivity contribution is 0.589. The summed E-state index contributed by atoms with van der Waals surface area (Å²) in [6, 6.07) is 14.2. The Morgan fingerprint density at radius 2 is 1.68 bits per heavy atom. The standard InChI is InChI=1S/C15H14Cl2IN/c1-19-15(8-10-2-4-11(16)5-3-10)13-9-12(17)6-7-14(13)18/h2-7,9,15,19H,8H2,1H3. The molecule has 0 saturated heterocycles. The fraction of sp³-hybridized carbons (Fsp3) is 0.200. The van der Waals surface area contributed by atoms with Gasteiger partial charge >= 0.3 is 0 Å². The van der Waals surface area contributed by atoms with Gasteiger partial charge in [0.2, 0.25) is 0 Å². The van der Waals surface area contributed by atoms with Crippen LogP contribution in [0.4, 0.5) is 0 Å². The van der Waals surface area contributed by atoms with E-state index in [4.69, 9.17) is 23.2 Å². The predicted octanol–water partition coefficient (Wildman–Crippen LogP) is 5.10. The summed E-state index contributed by atoms with van der Waals surface area (Å²) in [4.78, 5) is 0. The first-order valence-electron chi connectivity index (χ1n) is 5.97. The predicted molar refractivity (Wildman–Crippen MR) is 91.1 cm³/mol. The second-order valence-electron chi connectivity index (χ2n) is 4.34. The highest BCUT2D eigenvalue weighted by Gasteiger charge is 2.13.